The Kier molecular flexibility index (Phi) is 8.10. The second-order valence-electron chi connectivity index (χ2n) is 11.5. The van der Waals surface area contributed by atoms with Crippen molar-refractivity contribution in [1.29, 1.82) is 0 Å². The zero-order chi connectivity index (χ0) is 24.9. The van der Waals surface area contributed by atoms with Gasteiger partial charge in [0.05, 0.1) is 27.3 Å². The van der Waals surface area contributed by atoms with Crippen LogP contribution in [-0.2, 0) is 20.6 Å². The van der Waals surface area contributed by atoms with Gasteiger partial charge in [-0.25, -0.2) is 4.79 Å². The smallest absolute Gasteiger partial charge is 0.410 e. The van der Waals surface area contributed by atoms with E-state index >= 15 is 0 Å². The van der Waals surface area contributed by atoms with Crippen molar-refractivity contribution in [1.82, 2.24) is 4.90 Å². The van der Waals surface area contributed by atoms with Gasteiger partial charge in [0, 0.05) is 25.1 Å². The van der Waals surface area contributed by atoms with Crippen molar-refractivity contribution >= 4 is 14.2 Å². The minimum atomic E-state index is -1.74. The lowest BCUT2D eigenvalue weighted by molar-refractivity contribution is -0.125. The van der Waals surface area contributed by atoms with E-state index in [1.165, 1.54) is 11.1 Å². The minimum Gasteiger partial charge on any atom is -0.441 e. The van der Waals surface area contributed by atoms with Gasteiger partial charge in [0.2, 0.25) is 0 Å². The van der Waals surface area contributed by atoms with Gasteiger partial charge in [-0.3, -0.25) is 0 Å². The molecule has 0 saturated carbocycles. The summed E-state index contributed by atoms with van der Waals surface area (Å²) in [4.78, 5) is 14.8. The third-order valence-electron chi connectivity index (χ3n) is 7.35. The van der Waals surface area contributed by atoms with Crippen LogP contribution in [0.1, 0.15) is 57.9 Å². The number of ether oxygens (including phenoxy) is 3. The van der Waals surface area contributed by atoms with Crippen molar-refractivity contribution in [3.8, 4) is 11.8 Å². The molecule has 4 rings (SSSR count). The maximum Gasteiger partial charge on any atom is 0.410 e. The topological polar surface area (TPSA) is 48.0 Å². The Morgan fingerprint density at radius 1 is 1.11 bits per heavy atom. The molecule has 5 nitrogen and oxygen atoms in total. The predicted molar refractivity (Wildman–Crippen MR) is 142 cm³/mol. The number of carbonyl (C=O) groups is 1. The van der Waals surface area contributed by atoms with Crippen LogP contribution in [-0.4, -0.2) is 55.9 Å². The first-order valence-corrected chi connectivity index (χ1v) is 16.6. The molecule has 1 spiro atoms. The van der Waals surface area contributed by atoms with Gasteiger partial charge in [-0.15, -0.1) is 11.8 Å². The first-order valence-electron chi connectivity index (χ1n) is 13.2. The van der Waals surface area contributed by atoms with Crippen LogP contribution in [0, 0.1) is 11.8 Å². The third-order valence-corrected chi connectivity index (χ3v) is 9.68. The molecule has 2 fully saturated rings. The first kappa shape index (κ1) is 26.0. The highest BCUT2D eigenvalue weighted by Crippen LogP contribution is 2.36. The zero-order valence-electron chi connectivity index (χ0n) is 21.9. The molecule has 0 aromatic heterocycles. The second-order valence-corrected chi connectivity index (χ2v) is 16.5. The van der Waals surface area contributed by atoms with E-state index in [1.807, 2.05) is 24.8 Å². The summed E-state index contributed by atoms with van der Waals surface area (Å²) in [5.74, 6) is 6.42. The molecule has 35 heavy (non-hydrogen) atoms. The quantitative estimate of drug-likeness (QED) is 0.189. The molecule has 3 aliphatic rings. The number of carbonyl (C=O) groups excluding carboxylic acids is 1. The molecule has 0 bridgehead atoms. The molecule has 0 unspecified atom stereocenters. The molecule has 2 heterocycles. The molecule has 1 aromatic rings. The molecule has 1 atom stereocenters. The van der Waals surface area contributed by atoms with Crippen LogP contribution in [0.3, 0.4) is 0 Å². The molecule has 2 aliphatic heterocycles. The van der Waals surface area contributed by atoms with Crippen LogP contribution >= 0.6 is 0 Å². The SMILES string of the molecule is CC1(C)OC(=O)N(C[Si](C)(C)CC#CCCCC2=CC3(CCC2)OCCO3)[C@H]1Cc1ccccc1. The van der Waals surface area contributed by atoms with Crippen LogP contribution in [0.15, 0.2) is 42.0 Å². The Labute approximate surface area is 212 Å². The summed E-state index contributed by atoms with van der Waals surface area (Å²) in [6, 6.07) is 11.3. The molecule has 0 radical (unpaired) electrons. The van der Waals surface area contributed by atoms with Crippen molar-refractivity contribution in [2.75, 3.05) is 19.4 Å². The van der Waals surface area contributed by atoms with E-state index in [4.69, 9.17) is 14.2 Å². The highest BCUT2D eigenvalue weighted by atomic mass is 28.3. The van der Waals surface area contributed by atoms with Crippen molar-refractivity contribution in [2.45, 2.75) is 95.4 Å². The molecule has 190 valence electrons. The zero-order valence-corrected chi connectivity index (χ0v) is 22.9. The number of hydrogen-bond donors (Lipinski definition) is 0. The lowest BCUT2D eigenvalue weighted by Gasteiger charge is -2.33. The standard InChI is InChI=1S/C29H41NO4Si/c1-28(2)26(21-24-13-9-7-10-14-24)30(27(31)34-28)23-35(3,4)20-11-6-5-8-15-25-16-12-17-29(22-25)32-18-19-33-29/h7,9-10,13-14,22,26H,5,8,12,15-21,23H2,1-4H3/t26-/m0/s1. The van der Waals surface area contributed by atoms with Gasteiger partial charge in [-0.05, 0) is 57.6 Å². The van der Waals surface area contributed by atoms with Crippen molar-refractivity contribution in [3.63, 3.8) is 0 Å². The van der Waals surface area contributed by atoms with E-state index in [1.54, 1.807) is 0 Å². The maximum absolute atomic E-state index is 12.8. The van der Waals surface area contributed by atoms with Gasteiger partial charge in [-0.1, -0.05) is 49.0 Å². The van der Waals surface area contributed by atoms with Crippen LogP contribution < -0.4 is 0 Å². The Morgan fingerprint density at radius 2 is 1.86 bits per heavy atom. The van der Waals surface area contributed by atoms with E-state index < -0.39 is 19.5 Å². The number of allylic oxidation sites excluding steroid dienone is 1. The number of unbranched alkanes of at least 4 members (excludes halogenated alkanes) is 1. The summed E-state index contributed by atoms with van der Waals surface area (Å²) in [5.41, 5.74) is 2.19. The van der Waals surface area contributed by atoms with Crippen molar-refractivity contribution in [2.24, 2.45) is 0 Å². The van der Waals surface area contributed by atoms with E-state index in [2.05, 4.69) is 55.3 Å². The molecule has 2 saturated heterocycles. The van der Waals surface area contributed by atoms with E-state index in [9.17, 15) is 4.79 Å². The summed E-state index contributed by atoms with van der Waals surface area (Å²) in [6.07, 6.45) is 9.94. The third kappa shape index (κ3) is 6.78. The molecule has 1 aliphatic carbocycles. The van der Waals surface area contributed by atoms with Gasteiger partial charge < -0.3 is 19.1 Å². The van der Waals surface area contributed by atoms with Crippen LogP contribution in [0.5, 0.6) is 0 Å². The van der Waals surface area contributed by atoms with E-state index in [0.29, 0.717) is 13.2 Å². The van der Waals surface area contributed by atoms with Gasteiger partial charge in [0.25, 0.3) is 0 Å². The Balaban J connectivity index is 1.27. The summed E-state index contributed by atoms with van der Waals surface area (Å²) in [5, 5.41) is 0. The fourth-order valence-corrected chi connectivity index (χ4v) is 7.43. The largest absolute Gasteiger partial charge is 0.441 e. The Bertz CT molecular complexity index is 969. The number of cyclic esters (lactones) is 1. The van der Waals surface area contributed by atoms with Crippen LogP contribution in [0.25, 0.3) is 0 Å². The van der Waals surface area contributed by atoms with Gasteiger partial charge in [0.1, 0.15) is 5.60 Å². The predicted octanol–water partition coefficient (Wildman–Crippen LogP) is 6.10. The lowest BCUT2D eigenvalue weighted by Crippen LogP contribution is -2.50. The summed E-state index contributed by atoms with van der Waals surface area (Å²) >= 11 is 0. The molecule has 0 N–H and O–H groups in total. The Morgan fingerprint density at radius 3 is 2.60 bits per heavy atom. The fraction of sp³-hybridized carbons (Fsp3) is 0.621. The number of hydrogen-bond acceptors (Lipinski definition) is 4. The maximum atomic E-state index is 12.8. The van der Waals surface area contributed by atoms with Gasteiger partial charge >= 0.3 is 6.09 Å². The average Bonchev–Trinajstić information content (AvgIpc) is 3.33. The number of rotatable bonds is 8. The monoisotopic (exact) mass is 495 g/mol. The van der Waals surface area contributed by atoms with E-state index in [0.717, 1.165) is 57.2 Å². The summed E-state index contributed by atoms with van der Waals surface area (Å²) in [7, 11) is -1.74. The average molecular weight is 496 g/mol. The molecule has 6 heteroatoms. The number of amides is 1. The fourth-order valence-electron chi connectivity index (χ4n) is 5.45. The normalized spacial score (nSPS) is 23.1. The van der Waals surface area contributed by atoms with Gasteiger partial charge in [0.15, 0.2) is 5.79 Å². The van der Waals surface area contributed by atoms with Crippen LogP contribution in [0.2, 0.25) is 19.1 Å². The highest BCUT2D eigenvalue weighted by Gasteiger charge is 2.49. The van der Waals surface area contributed by atoms with E-state index in [-0.39, 0.29) is 12.1 Å². The van der Waals surface area contributed by atoms with Crippen LogP contribution in [0.4, 0.5) is 4.79 Å². The first-order chi connectivity index (χ1) is 16.7. The minimum absolute atomic E-state index is 0.0389. The summed E-state index contributed by atoms with van der Waals surface area (Å²) in [6.45, 7) is 10.1. The van der Waals surface area contributed by atoms with Gasteiger partial charge in [-0.2, -0.15) is 0 Å². The molecular weight excluding hydrogens is 454 g/mol. The molecular formula is C29H41NO4Si. The Hall–Kier alpha value is -2.07. The number of benzene rings is 1. The molecule has 1 aromatic carbocycles. The summed E-state index contributed by atoms with van der Waals surface area (Å²) < 4.78 is 17.5. The molecule has 1 amide bonds. The van der Waals surface area contributed by atoms with Crippen molar-refractivity contribution in [3.05, 3.63) is 47.5 Å². The highest BCUT2D eigenvalue weighted by molar-refractivity contribution is 6.78. The number of nitrogens with zero attached hydrogens (tertiary/aromatic N) is 1. The van der Waals surface area contributed by atoms with Crippen molar-refractivity contribution < 1.29 is 19.0 Å². The second kappa shape index (κ2) is 10.9. The lowest BCUT2D eigenvalue weighted by atomic mass is 9.91.